The van der Waals surface area contributed by atoms with Gasteiger partial charge in [0.15, 0.2) is 0 Å². The van der Waals surface area contributed by atoms with Crippen molar-refractivity contribution in [3.05, 3.63) is 34.5 Å². The number of hydrogen-bond acceptors (Lipinski definition) is 2. The molecule has 1 unspecified atom stereocenters. The molecule has 1 N–H and O–H groups in total. The second-order valence-electron chi connectivity index (χ2n) is 3.48. The molecule has 0 saturated carbocycles. The normalized spacial score (nSPS) is 22.0. The predicted molar refractivity (Wildman–Crippen MR) is 57.9 cm³/mol. The van der Waals surface area contributed by atoms with Crippen LogP contribution in [-0.2, 0) is 6.54 Å². The SMILES string of the molecule is C1=CC(NCc2ccsc2)CCC1. The van der Waals surface area contributed by atoms with Crippen molar-refractivity contribution >= 4 is 11.3 Å². The van der Waals surface area contributed by atoms with Gasteiger partial charge in [-0.05, 0) is 41.7 Å². The summed E-state index contributed by atoms with van der Waals surface area (Å²) in [6, 6.07) is 2.79. The molecular formula is C11H15NS. The van der Waals surface area contributed by atoms with Crippen LogP contribution in [0, 0.1) is 0 Å². The molecule has 1 atom stereocenters. The van der Waals surface area contributed by atoms with Crippen LogP contribution in [0.3, 0.4) is 0 Å². The summed E-state index contributed by atoms with van der Waals surface area (Å²) < 4.78 is 0. The van der Waals surface area contributed by atoms with E-state index in [4.69, 9.17) is 0 Å². The van der Waals surface area contributed by atoms with Gasteiger partial charge in [0.1, 0.15) is 0 Å². The summed E-state index contributed by atoms with van der Waals surface area (Å²) in [6.45, 7) is 1.01. The molecule has 13 heavy (non-hydrogen) atoms. The number of nitrogens with one attached hydrogen (secondary N) is 1. The Morgan fingerprint density at radius 3 is 3.23 bits per heavy atom. The molecular weight excluding hydrogens is 178 g/mol. The largest absolute Gasteiger partial charge is 0.306 e. The Hall–Kier alpha value is -0.600. The van der Waals surface area contributed by atoms with Crippen molar-refractivity contribution in [1.82, 2.24) is 5.32 Å². The fourth-order valence-corrected chi connectivity index (χ4v) is 2.29. The zero-order valence-corrected chi connectivity index (χ0v) is 8.52. The summed E-state index contributed by atoms with van der Waals surface area (Å²) in [4.78, 5) is 0. The molecule has 2 heteroatoms. The average Bonchev–Trinajstić information content (AvgIpc) is 2.69. The monoisotopic (exact) mass is 193 g/mol. The lowest BCUT2D eigenvalue weighted by Crippen LogP contribution is -2.27. The number of hydrogen-bond donors (Lipinski definition) is 1. The van der Waals surface area contributed by atoms with Crippen molar-refractivity contribution in [2.75, 3.05) is 0 Å². The molecule has 1 nitrogen and oxygen atoms in total. The van der Waals surface area contributed by atoms with E-state index in [-0.39, 0.29) is 0 Å². The second kappa shape index (κ2) is 4.58. The van der Waals surface area contributed by atoms with Gasteiger partial charge in [-0.25, -0.2) is 0 Å². The molecule has 0 fully saturated rings. The first-order chi connectivity index (χ1) is 6.45. The standard InChI is InChI=1S/C11H15NS/c1-2-4-11(5-3-1)12-8-10-6-7-13-9-10/h2,4,6-7,9,11-12H,1,3,5,8H2. The number of rotatable bonds is 3. The summed E-state index contributed by atoms with van der Waals surface area (Å²) in [5.41, 5.74) is 1.41. The lowest BCUT2D eigenvalue weighted by atomic mass is 10.0. The zero-order valence-electron chi connectivity index (χ0n) is 7.70. The molecule has 0 spiro atoms. The molecule has 1 aromatic heterocycles. The van der Waals surface area contributed by atoms with E-state index < -0.39 is 0 Å². The van der Waals surface area contributed by atoms with Gasteiger partial charge in [-0.1, -0.05) is 12.2 Å². The Bertz CT molecular complexity index is 264. The summed E-state index contributed by atoms with van der Waals surface area (Å²) in [6.07, 6.45) is 8.47. The molecule has 1 aliphatic rings. The third kappa shape index (κ3) is 2.68. The topological polar surface area (TPSA) is 12.0 Å². The van der Waals surface area contributed by atoms with Crippen molar-refractivity contribution in [2.45, 2.75) is 31.8 Å². The molecule has 2 rings (SSSR count). The van der Waals surface area contributed by atoms with E-state index in [1.54, 1.807) is 11.3 Å². The lowest BCUT2D eigenvalue weighted by molar-refractivity contribution is 0.523. The summed E-state index contributed by atoms with van der Waals surface area (Å²) in [5, 5.41) is 7.88. The molecule has 0 radical (unpaired) electrons. The molecule has 0 aromatic carbocycles. The third-order valence-corrected chi connectivity index (χ3v) is 3.13. The van der Waals surface area contributed by atoms with Gasteiger partial charge in [-0.2, -0.15) is 11.3 Å². The molecule has 0 saturated heterocycles. The van der Waals surface area contributed by atoms with Gasteiger partial charge in [0, 0.05) is 12.6 Å². The fourth-order valence-electron chi connectivity index (χ4n) is 1.62. The van der Waals surface area contributed by atoms with Gasteiger partial charge in [-0.3, -0.25) is 0 Å². The number of allylic oxidation sites excluding steroid dienone is 1. The third-order valence-electron chi connectivity index (χ3n) is 2.40. The van der Waals surface area contributed by atoms with Crippen molar-refractivity contribution in [3.8, 4) is 0 Å². The van der Waals surface area contributed by atoms with E-state index in [1.165, 1.54) is 24.8 Å². The molecule has 70 valence electrons. The first kappa shape index (κ1) is 8.97. The highest BCUT2D eigenvalue weighted by Crippen LogP contribution is 2.11. The Balaban J connectivity index is 1.79. The second-order valence-corrected chi connectivity index (χ2v) is 4.26. The average molecular weight is 193 g/mol. The van der Waals surface area contributed by atoms with E-state index in [2.05, 4.69) is 34.3 Å². The fraction of sp³-hybridized carbons (Fsp3) is 0.455. The first-order valence-corrected chi connectivity index (χ1v) is 5.80. The van der Waals surface area contributed by atoms with Crippen LogP contribution in [0.15, 0.2) is 29.0 Å². The molecule has 0 amide bonds. The van der Waals surface area contributed by atoms with Gasteiger partial charge >= 0.3 is 0 Å². The highest BCUT2D eigenvalue weighted by Gasteiger charge is 2.06. The van der Waals surface area contributed by atoms with Crippen LogP contribution in [0.1, 0.15) is 24.8 Å². The highest BCUT2D eigenvalue weighted by molar-refractivity contribution is 7.07. The summed E-state index contributed by atoms with van der Waals surface area (Å²) in [7, 11) is 0. The van der Waals surface area contributed by atoms with Crippen LogP contribution in [0.4, 0.5) is 0 Å². The Morgan fingerprint density at radius 2 is 2.54 bits per heavy atom. The quantitative estimate of drug-likeness (QED) is 0.728. The molecule has 0 aliphatic heterocycles. The lowest BCUT2D eigenvalue weighted by Gasteiger charge is -2.17. The Morgan fingerprint density at radius 1 is 1.54 bits per heavy atom. The van der Waals surface area contributed by atoms with Crippen molar-refractivity contribution in [3.63, 3.8) is 0 Å². The van der Waals surface area contributed by atoms with Gasteiger partial charge in [0.2, 0.25) is 0 Å². The van der Waals surface area contributed by atoms with Crippen LogP contribution in [0.25, 0.3) is 0 Å². The molecule has 1 heterocycles. The van der Waals surface area contributed by atoms with Crippen LogP contribution in [0.2, 0.25) is 0 Å². The van der Waals surface area contributed by atoms with Crippen molar-refractivity contribution in [1.29, 1.82) is 0 Å². The van der Waals surface area contributed by atoms with Crippen LogP contribution in [0.5, 0.6) is 0 Å². The van der Waals surface area contributed by atoms with Crippen molar-refractivity contribution in [2.24, 2.45) is 0 Å². The number of thiophene rings is 1. The minimum atomic E-state index is 0.605. The van der Waals surface area contributed by atoms with E-state index in [9.17, 15) is 0 Å². The molecule has 0 bridgehead atoms. The Kier molecular flexibility index (Phi) is 3.16. The van der Waals surface area contributed by atoms with E-state index >= 15 is 0 Å². The predicted octanol–water partition coefficient (Wildman–Crippen LogP) is 2.95. The maximum atomic E-state index is 3.54. The molecule has 1 aromatic rings. The maximum absolute atomic E-state index is 3.54. The highest BCUT2D eigenvalue weighted by atomic mass is 32.1. The van der Waals surface area contributed by atoms with E-state index in [1.807, 2.05) is 0 Å². The summed E-state index contributed by atoms with van der Waals surface area (Å²) >= 11 is 1.77. The van der Waals surface area contributed by atoms with E-state index in [0.29, 0.717) is 6.04 Å². The maximum Gasteiger partial charge on any atom is 0.0253 e. The van der Waals surface area contributed by atoms with Gasteiger partial charge in [-0.15, -0.1) is 0 Å². The van der Waals surface area contributed by atoms with Gasteiger partial charge in [0.05, 0.1) is 0 Å². The Labute approximate surface area is 83.5 Å². The molecule has 1 aliphatic carbocycles. The first-order valence-electron chi connectivity index (χ1n) is 4.86. The van der Waals surface area contributed by atoms with Gasteiger partial charge in [0.25, 0.3) is 0 Å². The van der Waals surface area contributed by atoms with Gasteiger partial charge < -0.3 is 5.32 Å². The van der Waals surface area contributed by atoms with Crippen LogP contribution < -0.4 is 5.32 Å². The minimum absolute atomic E-state index is 0.605. The zero-order chi connectivity index (χ0) is 8.93. The van der Waals surface area contributed by atoms with E-state index in [0.717, 1.165) is 6.54 Å². The smallest absolute Gasteiger partial charge is 0.0253 e. The van der Waals surface area contributed by atoms with Crippen LogP contribution in [-0.4, -0.2) is 6.04 Å². The van der Waals surface area contributed by atoms with Crippen molar-refractivity contribution < 1.29 is 0 Å². The van der Waals surface area contributed by atoms with Crippen LogP contribution >= 0.6 is 11.3 Å². The minimum Gasteiger partial charge on any atom is -0.306 e. The summed E-state index contributed by atoms with van der Waals surface area (Å²) in [5.74, 6) is 0.